The number of hydrogen-bond acceptors (Lipinski definition) is 6. The van der Waals surface area contributed by atoms with Crippen LogP contribution in [0.3, 0.4) is 0 Å². The fourth-order valence-electron chi connectivity index (χ4n) is 2.52. The second-order valence-corrected chi connectivity index (χ2v) is 9.25. The summed E-state index contributed by atoms with van der Waals surface area (Å²) in [6.45, 7) is 0.619. The molecule has 152 valence electrons. The van der Waals surface area contributed by atoms with Gasteiger partial charge in [-0.3, -0.25) is 14.4 Å². The van der Waals surface area contributed by atoms with Crippen LogP contribution in [0.5, 0.6) is 0 Å². The Morgan fingerprint density at radius 1 is 1.10 bits per heavy atom. The maximum absolute atomic E-state index is 12.0. The van der Waals surface area contributed by atoms with Gasteiger partial charge in [0.05, 0.1) is 6.42 Å². The number of thioether (sulfide) groups is 1. The van der Waals surface area contributed by atoms with Gasteiger partial charge in [0.25, 0.3) is 11.1 Å². The molecular formula is C20H19BrN2O4S2. The second-order valence-electron chi connectivity index (χ2n) is 6.14. The molecule has 9 heteroatoms. The van der Waals surface area contributed by atoms with Crippen molar-refractivity contribution in [2.45, 2.75) is 16.2 Å². The van der Waals surface area contributed by atoms with Crippen molar-refractivity contribution in [3.8, 4) is 0 Å². The van der Waals surface area contributed by atoms with E-state index in [9.17, 15) is 14.4 Å². The first kappa shape index (κ1) is 21.7. The van der Waals surface area contributed by atoms with E-state index in [4.69, 9.17) is 4.74 Å². The number of carbonyl (C=O) groups excluding carboxylic acids is 3. The molecule has 0 saturated carbocycles. The fraction of sp³-hybridized carbons (Fsp3) is 0.250. The predicted octanol–water partition coefficient (Wildman–Crippen LogP) is 4.64. The third kappa shape index (κ3) is 7.09. The van der Waals surface area contributed by atoms with E-state index < -0.39 is 11.9 Å². The summed E-state index contributed by atoms with van der Waals surface area (Å²) in [5.41, 5.74) is 0.630. The maximum atomic E-state index is 12.0. The van der Waals surface area contributed by atoms with Crippen molar-refractivity contribution >= 4 is 62.3 Å². The van der Waals surface area contributed by atoms with Crippen LogP contribution in [0.1, 0.15) is 6.42 Å². The van der Waals surface area contributed by atoms with Gasteiger partial charge in [0.1, 0.15) is 0 Å². The minimum Gasteiger partial charge on any atom is -0.456 e. The van der Waals surface area contributed by atoms with Crippen LogP contribution in [-0.2, 0) is 14.3 Å². The lowest BCUT2D eigenvalue weighted by Gasteiger charge is -2.13. The lowest BCUT2D eigenvalue weighted by Crippen LogP contribution is -2.27. The molecule has 3 rings (SSSR count). The van der Waals surface area contributed by atoms with E-state index in [0.29, 0.717) is 18.8 Å². The zero-order valence-electron chi connectivity index (χ0n) is 15.4. The molecule has 6 nitrogen and oxygen atoms in total. The number of nitrogens with one attached hydrogen (secondary N) is 1. The standard InChI is InChI=1S/C20H19BrN2O4S2/c21-14-1-5-16(6-2-14)29-17-7-3-15(4-8-17)22-18(24)13-27-19(25)9-10-23-11-12-28-20(23)26/h1-8H,9-13H2,(H,22,24). The van der Waals surface area contributed by atoms with Crippen molar-refractivity contribution in [2.75, 3.05) is 30.8 Å². The summed E-state index contributed by atoms with van der Waals surface area (Å²) in [5.74, 6) is -0.151. The van der Waals surface area contributed by atoms with Gasteiger partial charge in [0.2, 0.25) is 0 Å². The molecule has 0 spiro atoms. The Labute approximate surface area is 185 Å². The molecule has 1 saturated heterocycles. The lowest BCUT2D eigenvalue weighted by atomic mass is 10.3. The number of carbonyl (C=O) groups is 3. The minimum absolute atomic E-state index is 0.0164. The monoisotopic (exact) mass is 494 g/mol. The van der Waals surface area contributed by atoms with Crippen molar-refractivity contribution in [1.82, 2.24) is 4.90 Å². The normalized spacial score (nSPS) is 13.4. The van der Waals surface area contributed by atoms with Gasteiger partial charge >= 0.3 is 5.97 Å². The van der Waals surface area contributed by atoms with Gasteiger partial charge in [-0.05, 0) is 48.5 Å². The first-order valence-electron chi connectivity index (χ1n) is 8.90. The number of hydrogen-bond donors (Lipinski definition) is 1. The Hall–Kier alpha value is -1.97. The van der Waals surface area contributed by atoms with Crippen LogP contribution >= 0.6 is 39.5 Å². The van der Waals surface area contributed by atoms with Crippen LogP contribution in [0.2, 0.25) is 0 Å². The summed E-state index contributed by atoms with van der Waals surface area (Å²) in [7, 11) is 0. The molecule has 0 unspecified atom stereocenters. The van der Waals surface area contributed by atoms with Crippen LogP contribution in [0.4, 0.5) is 10.5 Å². The van der Waals surface area contributed by atoms with Crippen molar-refractivity contribution in [1.29, 1.82) is 0 Å². The molecule has 1 aliphatic rings. The molecule has 2 aromatic rings. The smallest absolute Gasteiger partial charge is 0.308 e. The Kier molecular flexibility index (Phi) is 8.02. The first-order valence-corrected chi connectivity index (χ1v) is 11.5. The van der Waals surface area contributed by atoms with Gasteiger partial charge in [0, 0.05) is 38.8 Å². The van der Waals surface area contributed by atoms with Crippen LogP contribution in [0.15, 0.2) is 62.8 Å². The highest BCUT2D eigenvalue weighted by atomic mass is 79.9. The Bertz CT molecular complexity index is 875. The van der Waals surface area contributed by atoms with E-state index in [1.807, 2.05) is 36.4 Å². The van der Waals surface area contributed by atoms with E-state index >= 15 is 0 Å². The number of esters is 1. The van der Waals surface area contributed by atoms with Crippen LogP contribution < -0.4 is 5.32 Å². The molecule has 29 heavy (non-hydrogen) atoms. The number of anilines is 1. The summed E-state index contributed by atoms with van der Waals surface area (Å²) in [6.07, 6.45) is 0.0849. The number of rotatable bonds is 8. The molecule has 1 aliphatic heterocycles. The van der Waals surface area contributed by atoms with Crippen molar-refractivity contribution < 1.29 is 19.1 Å². The Morgan fingerprint density at radius 3 is 2.38 bits per heavy atom. The summed E-state index contributed by atoms with van der Waals surface area (Å²) < 4.78 is 6.01. The average Bonchev–Trinajstić information content (AvgIpc) is 3.13. The highest BCUT2D eigenvalue weighted by molar-refractivity contribution is 9.10. The second kappa shape index (κ2) is 10.7. The molecule has 0 bridgehead atoms. The minimum atomic E-state index is -0.494. The van der Waals surface area contributed by atoms with Gasteiger partial charge in [-0.1, -0.05) is 39.5 Å². The quantitative estimate of drug-likeness (QED) is 0.538. The maximum Gasteiger partial charge on any atom is 0.308 e. The summed E-state index contributed by atoms with van der Waals surface area (Å²) >= 11 is 6.28. The zero-order valence-corrected chi connectivity index (χ0v) is 18.6. The van der Waals surface area contributed by atoms with Gasteiger partial charge in [-0.25, -0.2) is 0 Å². The van der Waals surface area contributed by atoms with E-state index in [1.165, 1.54) is 11.8 Å². The zero-order chi connectivity index (χ0) is 20.6. The van der Waals surface area contributed by atoms with Gasteiger partial charge in [-0.2, -0.15) is 0 Å². The summed E-state index contributed by atoms with van der Waals surface area (Å²) in [4.78, 5) is 39.0. The molecule has 2 amide bonds. The molecule has 1 heterocycles. The number of ether oxygens (including phenoxy) is 1. The molecule has 2 aromatic carbocycles. The van der Waals surface area contributed by atoms with Crippen LogP contribution in [0.25, 0.3) is 0 Å². The fourth-order valence-corrected chi connectivity index (χ4v) is 4.45. The van der Waals surface area contributed by atoms with Crippen LogP contribution in [0, 0.1) is 0 Å². The highest BCUT2D eigenvalue weighted by Crippen LogP contribution is 2.29. The lowest BCUT2D eigenvalue weighted by molar-refractivity contribution is -0.147. The molecule has 0 radical (unpaired) electrons. The topological polar surface area (TPSA) is 75.7 Å². The molecule has 0 atom stereocenters. The number of amides is 2. The van der Waals surface area contributed by atoms with Crippen molar-refractivity contribution in [3.63, 3.8) is 0 Å². The van der Waals surface area contributed by atoms with Crippen LogP contribution in [-0.4, -0.2) is 47.5 Å². The number of nitrogens with zero attached hydrogens (tertiary/aromatic N) is 1. The van der Waals surface area contributed by atoms with Gasteiger partial charge < -0.3 is 15.0 Å². The summed E-state index contributed by atoms with van der Waals surface area (Å²) in [6, 6.07) is 15.5. The van der Waals surface area contributed by atoms with E-state index in [0.717, 1.165) is 20.0 Å². The highest BCUT2D eigenvalue weighted by Gasteiger charge is 2.21. The molecule has 1 fully saturated rings. The SMILES string of the molecule is O=C(COC(=O)CCN1CCSC1=O)Nc1ccc(Sc2ccc(Br)cc2)cc1. The molecule has 1 N–H and O–H groups in total. The molecule has 0 aliphatic carbocycles. The molecular weight excluding hydrogens is 476 g/mol. The third-order valence-electron chi connectivity index (χ3n) is 3.98. The Morgan fingerprint density at radius 2 is 1.76 bits per heavy atom. The van der Waals surface area contributed by atoms with E-state index in [1.54, 1.807) is 28.8 Å². The first-order chi connectivity index (χ1) is 14.0. The third-order valence-corrected chi connectivity index (χ3v) is 6.42. The van der Waals surface area contributed by atoms with Gasteiger partial charge in [0.15, 0.2) is 6.61 Å². The summed E-state index contributed by atoms with van der Waals surface area (Å²) in [5, 5.41) is 2.68. The molecule has 0 aromatic heterocycles. The largest absolute Gasteiger partial charge is 0.456 e. The van der Waals surface area contributed by atoms with E-state index in [2.05, 4.69) is 21.2 Å². The number of benzene rings is 2. The van der Waals surface area contributed by atoms with Crippen molar-refractivity contribution in [2.24, 2.45) is 0 Å². The van der Waals surface area contributed by atoms with E-state index in [-0.39, 0.29) is 18.3 Å². The Balaban J connectivity index is 1.39. The van der Waals surface area contributed by atoms with Gasteiger partial charge in [-0.15, -0.1) is 0 Å². The van der Waals surface area contributed by atoms with Crippen molar-refractivity contribution in [3.05, 3.63) is 53.0 Å². The predicted molar refractivity (Wildman–Crippen MR) is 118 cm³/mol. The number of halogens is 1. The average molecular weight is 495 g/mol.